The van der Waals surface area contributed by atoms with E-state index in [2.05, 4.69) is 0 Å². The summed E-state index contributed by atoms with van der Waals surface area (Å²) in [5.41, 5.74) is 0. The van der Waals surface area contributed by atoms with Crippen LogP contribution in [0.5, 0.6) is 0 Å². The summed E-state index contributed by atoms with van der Waals surface area (Å²) in [6, 6.07) is 0. The van der Waals surface area contributed by atoms with Crippen molar-refractivity contribution in [1.29, 1.82) is 0 Å². The normalized spacial score (nSPS) is 20.8. The van der Waals surface area contributed by atoms with Crippen molar-refractivity contribution in [3.8, 4) is 0 Å². The summed E-state index contributed by atoms with van der Waals surface area (Å²) < 4.78 is 35.1. The molecule has 0 unspecified atom stereocenters. The molecule has 0 radical (unpaired) electrons. The summed E-state index contributed by atoms with van der Waals surface area (Å²) in [4.78, 5) is 10.7. The van der Waals surface area contributed by atoms with Crippen LogP contribution in [0.1, 0.15) is 4.11 Å². The summed E-state index contributed by atoms with van der Waals surface area (Å²) in [5.74, 6) is 0. The predicted octanol–water partition coefficient (Wildman–Crippen LogP) is -0.777. The van der Waals surface area contributed by atoms with Crippen LogP contribution in [0.4, 0.5) is 0 Å². The highest BCUT2D eigenvalue weighted by molar-refractivity contribution is 5.57. The zero-order valence-electron chi connectivity index (χ0n) is 10.2. The lowest BCUT2D eigenvalue weighted by atomic mass is 10.1. The van der Waals surface area contributed by atoms with E-state index in [4.69, 9.17) is 23.4 Å². The van der Waals surface area contributed by atoms with Crippen LogP contribution < -0.4 is 0 Å². The third-order valence-corrected chi connectivity index (χ3v) is 1.60. The minimum Gasteiger partial charge on any atom is -0.394 e. The second-order valence-corrected chi connectivity index (χ2v) is 2.29. The number of hydrogen-bond acceptors (Lipinski definition) is 5. The molecule has 5 nitrogen and oxygen atoms in total. The van der Waals surface area contributed by atoms with Gasteiger partial charge in [-0.25, -0.2) is 0 Å². The van der Waals surface area contributed by atoms with Gasteiger partial charge in [-0.1, -0.05) is 0 Å². The van der Waals surface area contributed by atoms with Gasteiger partial charge < -0.3 is 24.1 Å². The molecule has 0 aliphatic carbocycles. The van der Waals surface area contributed by atoms with Gasteiger partial charge in [0.05, 0.1) is 10.7 Å². The lowest BCUT2D eigenvalue weighted by Crippen LogP contribution is -2.44. The molecule has 0 saturated carbocycles. The smallest absolute Gasteiger partial charge is 0.151 e. The molecule has 0 spiro atoms. The van der Waals surface area contributed by atoms with E-state index in [9.17, 15) is 4.79 Å². The molecule has 0 aromatic heterocycles. The van der Waals surface area contributed by atoms with Crippen LogP contribution in [0.25, 0.3) is 0 Å². The number of hydrogen-bond donors (Lipinski definition) is 1. The fourth-order valence-corrected chi connectivity index (χ4v) is 0.877. The minimum absolute atomic E-state index is 0.407. The first-order chi connectivity index (χ1) is 7.74. The molecule has 0 fully saturated rings. The monoisotopic (exact) mass is 195 g/mol. The van der Waals surface area contributed by atoms with Gasteiger partial charge in [-0.2, -0.15) is 0 Å². The van der Waals surface area contributed by atoms with Crippen LogP contribution in [0.2, 0.25) is 0 Å². The predicted molar refractivity (Wildman–Crippen MR) is 45.5 cm³/mol. The number of aliphatic hydroxyl groups is 1. The number of aldehydes is 1. The molecule has 0 heterocycles. The van der Waals surface area contributed by atoms with Gasteiger partial charge in [-0.05, 0) is 0 Å². The number of carbonyl (C=O) groups excluding carboxylic acids is 1. The van der Waals surface area contributed by atoms with Crippen molar-refractivity contribution >= 4 is 6.29 Å². The summed E-state index contributed by atoms with van der Waals surface area (Å²) >= 11 is 0. The summed E-state index contributed by atoms with van der Waals surface area (Å²) in [5, 5.41) is 9.00. The highest BCUT2D eigenvalue weighted by Crippen LogP contribution is 2.08. The van der Waals surface area contributed by atoms with Gasteiger partial charge in [-0.15, -0.1) is 0 Å². The maximum Gasteiger partial charge on any atom is 0.151 e. The van der Waals surface area contributed by atoms with E-state index < -0.39 is 46.2 Å². The molecule has 0 saturated heterocycles. The van der Waals surface area contributed by atoms with Gasteiger partial charge in [0.2, 0.25) is 0 Å². The molecule has 0 amide bonds. The number of rotatable bonds is 7. The Hall–Kier alpha value is -0.490. The first-order valence-electron chi connectivity index (χ1n) is 5.65. The maximum atomic E-state index is 10.7. The average molecular weight is 195 g/mol. The van der Waals surface area contributed by atoms with Crippen LogP contribution in [0.3, 0.4) is 0 Å². The highest BCUT2D eigenvalue weighted by atomic mass is 16.6. The molecular weight excluding hydrogens is 176 g/mol. The second kappa shape index (κ2) is 6.97. The number of aliphatic hydroxyl groups excluding tert-OH is 1. The molecular formula is C8H16O5. The van der Waals surface area contributed by atoms with Gasteiger partial charge in [-0.3, -0.25) is 0 Å². The molecule has 1 N–H and O–H groups in total. The highest BCUT2D eigenvalue weighted by Gasteiger charge is 2.29. The van der Waals surface area contributed by atoms with Gasteiger partial charge >= 0.3 is 0 Å². The Morgan fingerprint density at radius 2 is 2.08 bits per heavy atom. The third-order valence-electron chi connectivity index (χ3n) is 1.60. The van der Waals surface area contributed by atoms with Gasteiger partial charge in [0.25, 0.3) is 0 Å². The van der Waals surface area contributed by atoms with Crippen LogP contribution in [-0.4, -0.2) is 57.6 Å². The van der Waals surface area contributed by atoms with Crippen molar-refractivity contribution in [2.75, 3.05) is 27.9 Å². The Morgan fingerprint density at radius 1 is 1.38 bits per heavy atom. The molecule has 0 aromatic rings. The molecule has 3 atom stereocenters. The average Bonchev–Trinajstić information content (AvgIpc) is 2.31. The van der Waals surface area contributed by atoms with Crippen molar-refractivity contribution in [3.63, 3.8) is 0 Å². The van der Waals surface area contributed by atoms with E-state index in [1.54, 1.807) is 0 Å². The zero-order chi connectivity index (χ0) is 12.4. The molecule has 0 aliphatic heterocycles. The lowest BCUT2D eigenvalue weighted by Gasteiger charge is -2.26. The van der Waals surface area contributed by atoms with E-state index in [1.165, 1.54) is 0 Å². The van der Waals surface area contributed by atoms with Crippen molar-refractivity contribution in [2.45, 2.75) is 18.3 Å². The van der Waals surface area contributed by atoms with Crippen LogP contribution in [-0.2, 0) is 19.0 Å². The van der Waals surface area contributed by atoms with Crippen molar-refractivity contribution in [3.05, 3.63) is 0 Å². The third kappa shape index (κ3) is 3.40. The maximum absolute atomic E-state index is 10.7. The summed E-state index contributed by atoms with van der Waals surface area (Å²) in [6.07, 6.45) is -2.59. The van der Waals surface area contributed by atoms with E-state index >= 15 is 0 Å². The van der Waals surface area contributed by atoms with Crippen molar-refractivity contribution in [1.82, 2.24) is 0 Å². The van der Waals surface area contributed by atoms with E-state index in [1.807, 2.05) is 0 Å². The second-order valence-electron chi connectivity index (χ2n) is 2.29. The van der Waals surface area contributed by atoms with E-state index in [0.29, 0.717) is 6.29 Å². The van der Waals surface area contributed by atoms with Gasteiger partial charge in [0, 0.05) is 21.3 Å². The van der Waals surface area contributed by atoms with E-state index in [-0.39, 0.29) is 0 Å². The zero-order valence-corrected chi connectivity index (χ0v) is 7.22. The SMILES string of the molecule is [2H]CO[C@H]([C@H](C=O)OC[2H])[C@@H](CO)OC[2H]. The fraction of sp³-hybridized carbons (Fsp3) is 0.875. The van der Waals surface area contributed by atoms with Gasteiger partial charge in [0.1, 0.15) is 18.3 Å². The minimum atomic E-state index is -1.09. The Morgan fingerprint density at radius 3 is 2.54 bits per heavy atom. The van der Waals surface area contributed by atoms with Crippen LogP contribution >= 0.6 is 0 Å². The first-order valence-corrected chi connectivity index (χ1v) is 3.53. The largest absolute Gasteiger partial charge is 0.394 e. The topological polar surface area (TPSA) is 65.0 Å². The Balaban J connectivity index is 4.56. The Bertz CT molecular complexity index is 183. The molecule has 0 aromatic carbocycles. The molecule has 78 valence electrons. The Labute approximate surface area is 81.8 Å². The number of carbonyl (C=O) groups is 1. The van der Waals surface area contributed by atoms with Gasteiger partial charge in [0.15, 0.2) is 6.29 Å². The quantitative estimate of drug-likeness (QED) is 0.540. The summed E-state index contributed by atoms with van der Waals surface area (Å²) in [7, 11) is -1.29. The number of methoxy groups -OCH3 is 3. The Kier molecular flexibility index (Phi) is 4.22. The molecule has 0 bridgehead atoms. The standard InChI is InChI=1S/C8H16O5/c1-11-6(4-9)8(13-3)7(5-10)12-2/h4,6-8,10H,5H2,1-3H3/t6-,7+,8+/m0/s1/i1D,2D,3D. The van der Waals surface area contributed by atoms with E-state index in [0.717, 1.165) is 0 Å². The molecule has 5 heteroatoms. The van der Waals surface area contributed by atoms with Crippen LogP contribution in [0, 0.1) is 0 Å². The molecule has 0 aliphatic rings. The molecule has 0 rings (SSSR count). The first kappa shape index (κ1) is 7.87. The number of ether oxygens (including phenoxy) is 3. The van der Waals surface area contributed by atoms with Crippen molar-refractivity contribution in [2.24, 2.45) is 0 Å². The summed E-state index contributed by atoms with van der Waals surface area (Å²) in [6.45, 7) is -0.463. The fourth-order valence-electron chi connectivity index (χ4n) is 0.877. The van der Waals surface area contributed by atoms with Crippen molar-refractivity contribution < 1.29 is 28.2 Å². The lowest BCUT2D eigenvalue weighted by molar-refractivity contribution is -0.140. The van der Waals surface area contributed by atoms with Crippen LogP contribution in [0.15, 0.2) is 0 Å². The molecule has 13 heavy (non-hydrogen) atoms.